The van der Waals surface area contributed by atoms with Crippen LogP contribution in [-0.2, 0) is 22.3 Å². The molecule has 0 bridgehead atoms. The summed E-state index contributed by atoms with van der Waals surface area (Å²) >= 11 is 4.12. The van der Waals surface area contributed by atoms with Crippen molar-refractivity contribution >= 4 is 84.2 Å². The Morgan fingerprint density at radius 1 is 0.438 bits per heavy atom. The van der Waals surface area contributed by atoms with E-state index in [-0.39, 0.29) is 12.6 Å². The Hall–Kier alpha value is -8.98. The van der Waals surface area contributed by atoms with Gasteiger partial charge in [0.05, 0.1) is 13.2 Å². The third-order valence-corrected chi connectivity index (χ3v) is 16.8. The molecule has 10 nitrogen and oxygen atoms in total. The fourth-order valence-electron chi connectivity index (χ4n) is 9.31. The van der Waals surface area contributed by atoms with Crippen molar-refractivity contribution < 1.29 is 34.1 Å². The van der Waals surface area contributed by atoms with Crippen LogP contribution in [-0.4, -0.2) is 56.3 Å². The van der Waals surface area contributed by atoms with Gasteiger partial charge in [-0.3, -0.25) is 15.0 Å². The Kier molecular flexibility index (Phi) is 17.4. The molecule has 0 fully saturated rings. The number of esters is 2. The zero-order valence-electron chi connectivity index (χ0n) is 43.7. The summed E-state index contributed by atoms with van der Waals surface area (Å²) in [7, 11) is 0. The number of aliphatic hydroxyl groups is 1. The topological polar surface area (TPSA) is 149 Å². The maximum absolute atomic E-state index is 12.5. The number of hydrogen-bond acceptors (Lipinski definition) is 12. The number of aromatic nitrogens is 3. The Balaban J connectivity index is 0.000000135. The van der Waals surface area contributed by atoms with Gasteiger partial charge in [0.1, 0.15) is 20.7 Å². The zero-order chi connectivity index (χ0) is 55.4. The van der Waals surface area contributed by atoms with Crippen LogP contribution in [0.5, 0.6) is 0 Å². The predicted molar refractivity (Wildman–Crippen MR) is 323 cm³/mol. The number of carbonyl (C=O) groups excluding carboxylic acids is 2. The van der Waals surface area contributed by atoms with E-state index in [1.807, 2.05) is 122 Å². The summed E-state index contributed by atoms with van der Waals surface area (Å²) in [5, 5.41) is 27.6. The van der Waals surface area contributed by atoms with Crippen LogP contribution in [0.25, 0.3) is 63.6 Å². The quantitative estimate of drug-likeness (QED) is 0.101. The molecule has 0 saturated heterocycles. The van der Waals surface area contributed by atoms with Crippen LogP contribution >= 0.6 is 34.0 Å². The smallest absolute Gasteiger partial charge is 0.348 e. The predicted octanol–water partition coefficient (Wildman–Crippen LogP) is 16.2. The Labute approximate surface area is 474 Å². The fraction of sp³-hybridized carbons (Fsp3) is 0.104. The standard InChI is InChI=1S/C23H19NO3S.C23H19NO2S.C21H15NO2S/c1-2-27-23(26)22-19(14-20(28-22)16-9-11-24-12-10-16)21(25)18-8-7-15-5-3-4-6-17(15)13-18;1-2-26-23(25)22-20(15-21(27-22)18-9-11-24-12-10-18)14-16-7-8-17-5-3-4-6-19(17)13-16;23-21(24)20-18(13-19(25-20)16-7-9-22-10-8-16)12-14-5-6-15-3-1-2-4-17(15)11-14/h3-14,21,25H,2H2,1H3;3-13,15H,2,14H2,1H3;1-11,13H,12H2,(H,23,24). The van der Waals surface area contributed by atoms with Crippen molar-refractivity contribution in [2.75, 3.05) is 13.2 Å². The van der Waals surface area contributed by atoms with Crippen molar-refractivity contribution in [2.24, 2.45) is 0 Å². The van der Waals surface area contributed by atoms with E-state index in [1.54, 1.807) is 44.1 Å². The van der Waals surface area contributed by atoms with E-state index in [9.17, 15) is 24.6 Å². The second-order valence-corrected chi connectivity index (χ2v) is 21.7. The highest BCUT2D eigenvalue weighted by atomic mass is 32.1. The molecule has 1 unspecified atom stereocenters. The third kappa shape index (κ3) is 13.0. The summed E-state index contributed by atoms with van der Waals surface area (Å²) in [6.45, 7) is 4.26. The van der Waals surface area contributed by atoms with Crippen LogP contribution in [0, 0.1) is 0 Å². The summed E-state index contributed by atoms with van der Waals surface area (Å²) in [5.41, 5.74) is 8.44. The number of carbonyl (C=O) groups is 3. The highest BCUT2D eigenvalue weighted by Crippen LogP contribution is 2.39. The van der Waals surface area contributed by atoms with Crippen molar-refractivity contribution in [3.8, 4) is 31.3 Å². The van der Waals surface area contributed by atoms with E-state index in [0.717, 1.165) is 64.3 Å². The molecule has 0 aliphatic rings. The zero-order valence-corrected chi connectivity index (χ0v) is 46.1. The molecular formula is C67H53N3O7S3. The van der Waals surface area contributed by atoms with Gasteiger partial charge in [-0.1, -0.05) is 121 Å². The monoisotopic (exact) mass is 1110 g/mol. The second-order valence-electron chi connectivity index (χ2n) is 18.5. The molecule has 0 aliphatic heterocycles. The van der Waals surface area contributed by atoms with Gasteiger partial charge in [-0.2, -0.15) is 0 Å². The van der Waals surface area contributed by atoms with Gasteiger partial charge in [0.15, 0.2) is 0 Å². The van der Waals surface area contributed by atoms with Gasteiger partial charge < -0.3 is 19.7 Å². The summed E-state index contributed by atoms with van der Waals surface area (Å²) in [5.74, 6) is -1.54. The van der Waals surface area contributed by atoms with Crippen molar-refractivity contribution in [3.05, 3.63) is 267 Å². The lowest BCUT2D eigenvalue weighted by Gasteiger charge is -2.13. The van der Waals surface area contributed by atoms with Gasteiger partial charge in [-0.15, -0.1) is 34.0 Å². The number of fused-ring (bicyclic) bond motifs is 3. The minimum absolute atomic E-state index is 0.251. The molecule has 0 amide bonds. The first-order valence-electron chi connectivity index (χ1n) is 25.9. The molecule has 2 N–H and O–H groups in total. The Morgan fingerprint density at radius 3 is 1.26 bits per heavy atom. The lowest BCUT2D eigenvalue weighted by atomic mass is 9.98. The van der Waals surface area contributed by atoms with E-state index >= 15 is 0 Å². The van der Waals surface area contributed by atoms with Gasteiger partial charge in [0.25, 0.3) is 0 Å². The normalized spacial score (nSPS) is 11.3. The highest BCUT2D eigenvalue weighted by Gasteiger charge is 2.25. The van der Waals surface area contributed by atoms with Crippen molar-refractivity contribution in [3.63, 3.8) is 0 Å². The van der Waals surface area contributed by atoms with E-state index in [1.165, 1.54) is 61.1 Å². The number of pyridine rings is 3. The van der Waals surface area contributed by atoms with Gasteiger partial charge >= 0.3 is 17.9 Å². The molecule has 80 heavy (non-hydrogen) atoms. The minimum atomic E-state index is -0.921. The molecule has 0 radical (unpaired) electrons. The maximum atomic E-state index is 12.5. The number of benzene rings is 6. The maximum Gasteiger partial charge on any atom is 0.348 e. The molecule has 6 aromatic carbocycles. The number of rotatable bonds is 14. The first kappa shape index (κ1) is 54.4. The molecular weight excluding hydrogens is 1050 g/mol. The average molecular weight is 1110 g/mol. The van der Waals surface area contributed by atoms with Crippen LogP contribution in [0.15, 0.2) is 219 Å². The van der Waals surface area contributed by atoms with Crippen LogP contribution in [0.1, 0.15) is 82.3 Å². The van der Waals surface area contributed by atoms with Gasteiger partial charge in [0, 0.05) is 57.4 Å². The molecule has 13 heteroatoms. The molecule has 12 aromatic rings. The van der Waals surface area contributed by atoms with Crippen LogP contribution < -0.4 is 0 Å². The lowest BCUT2D eigenvalue weighted by molar-refractivity contribution is 0.0519. The summed E-state index contributed by atoms with van der Waals surface area (Å²) in [4.78, 5) is 53.2. The summed E-state index contributed by atoms with van der Waals surface area (Å²) in [6.07, 6.45) is 10.8. The summed E-state index contributed by atoms with van der Waals surface area (Å²) < 4.78 is 10.5. The molecule has 1 atom stereocenters. The van der Waals surface area contributed by atoms with Crippen LogP contribution in [0.2, 0.25) is 0 Å². The number of carboxylic acid groups (broad SMARTS) is 1. The van der Waals surface area contributed by atoms with E-state index in [0.29, 0.717) is 39.6 Å². The van der Waals surface area contributed by atoms with Gasteiger partial charge in [-0.05, 0) is 164 Å². The molecule has 6 aromatic heterocycles. The minimum Gasteiger partial charge on any atom is -0.477 e. The second kappa shape index (κ2) is 25.7. The van der Waals surface area contributed by atoms with Crippen LogP contribution in [0.4, 0.5) is 0 Å². The van der Waals surface area contributed by atoms with E-state index in [2.05, 4.69) is 81.7 Å². The van der Waals surface area contributed by atoms with Gasteiger partial charge in [0.2, 0.25) is 0 Å². The largest absolute Gasteiger partial charge is 0.477 e. The number of thiophene rings is 3. The molecule has 12 rings (SSSR count). The lowest BCUT2D eigenvalue weighted by Crippen LogP contribution is -2.08. The third-order valence-electron chi connectivity index (χ3n) is 13.2. The van der Waals surface area contributed by atoms with Crippen molar-refractivity contribution in [2.45, 2.75) is 32.8 Å². The molecule has 396 valence electrons. The Morgan fingerprint density at radius 2 is 0.812 bits per heavy atom. The molecule has 6 heterocycles. The first-order chi connectivity index (χ1) is 39.1. The number of aliphatic hydroxyl groups excluding tert-OH is 1. The van der Waals surface area contributed by atoms with Crippen LogP contribution in [0.3, 0.4) is 0 Å². The Bertz CT molecular complexity index is 4100. The number of nitrogens with zero attached hydrogens (tertiary/aromatic N) is 3. The van der Waals surface area contributed by atoms with Gasteiger partial charge in [-0.25, -0.2) is 14.4 Å². The summed E-state index contributed by atoms with van der Waals surface area (Å²) in [6, 6.07) is 60.5. The number of ether oxygens (including phenoxy) is 2. The highest BCUT2D eigenvalue weighted by molar-refractivity contribution is 7.18. The van der Waals surface area contributed by atoms with Crippen molar-refractivity contribution in [1.82, 2.24) is 15.0 Å². The first-order valence-corrected chi connectivity index (χ1v) is 28.4. The molecule has 0 aliphatic carbocycles. The molecule has 0 saturated carbocycles. The molecule has 0 spiro atoms. The SMILES string of the molecule is CCOC(=O)c1sc(-c2ccncc2)cc1C(O)c1ccc2ccccc2c1.CCOC(=O)c1sc(-c2ccncc2)cc1Cc1ccc2ccccc2c1.O=C(O)c1sc(-c2ccncc2)cc1Cc1ccc2ccccc2c1. The number of carboxylic acids is 1. The average Bonchev–Trinajstić information content (AvgIpc) is 4.31. The number of aromatic carboxylic acids is 1. The fourth-order valence-corrected chi connectivity index (χ4v) is 12.5. The number of hydrogen-bond donors (Lipinski definition) is 2. The van der Waals surface area contributed by atoms with E-state index < -0.39 is 18.0 Å². The van der Waals surface area contributed by atoms with E-state index in [4.69, 9.17) is 9.47 Å². The van der Waals surface area contributed by atoms with Crippen molar-refractivity contribution in [1.29, 1.82) is 0 Å².